The number of halogens is 1. The largest absolute Gasteiger partial charge is 0.326 e. The Balaban J connectivity index is 1.52. The first kappa shape index (κ1) is 19.6. The van der Waals surface area contributed by atoms with Crippen molar-refractivity contribution in [1.29, 1.82) is 0 Å². The molecule has 1 amide bonds. The van der Waals surface area contributed by atoms with Gasteiger partial charge in [-0.1, -0.05) is 18.2 Å². The summed E-state index contributed by atoms with van der Waals surface area (Å²) in [7, 11) is -3.58. The predicted molar refractivity (Wildman–Crippen MR) is 112 cm³/mol. The fourth-order valence-electron chi connectivity index (χ4n) is 3.40. The highest BCUT2D eigenvalue weighted by Crippen LogP contribution is 2.34. The number of anilines is 2. The Morgan fingerprint density at radius 1 is 1.14 bits per heavy atom. The van der Waals surface area contributed by atoms with Crippen LogP contribution in [-0.2, 0) is 27.7 Å². The number of nitrogens with one attached hydrogen (secondary N) is 1. The molecule has 0 aliphatic carbocycles. The lowest BCUT2D eigenvalue weighted by atomic mass is 10.0. The van der Waals surface area contributed by atoms with Crippen LogP contribution in [0.1, 0.15) is 17.5 Å². The number of sulfonamides is 1. The molecule has 5 nitrogen and oxygen atoms in total. The number of hydrogen-bond acceptors (Lipinski definition) is 4. The molecule has 29 heavy (non-hydrogen) atoms. The summed E-state index contributed by atoms with van der Waals surface area (Å²) in [5.74, 6) is -0.554. The second-order valence-corrected chi connectivity index (χ2v) is 9.84. The van der Waals surface area contributed by atoms with Crippen LogP contribution >= 0.6 is 11.3 Å². The molecule has 0 saturated carbocycles. The molecule has 0 fully saturated rings. The summed E-state index contributed by atoms with van der Waals surface area (Å²) >= 11 is 1.20. The Hall–Kier alpha value is -2.71. The molecule has 0 saturated heterocycles. The second kappa shape index (κ2) is 7.96. The van der Waals surface area contributed by atoms with Crippen LogP contribution in [0.4, 0.5) is 15.8 Å². The first-order valence-electron chi connectivity index (χ1n) is 9.17. The van der Waals surface area contributed by atoms with Crippen molar-refractivity contribution in [1.82, 2.24) is 0 Å². The van der Waals surface area contributed by atoms with Crippen LogP contribution in [0.25, 0.3) is 0 Å². The van der Waals surface area contributed by atoms with E-state index in [2.05, 4.69) is 5.32 Å². The summed E-state index contributed by atoms with van der Waals surface area (Å²) in [6.45, 7) is 0.434. The first-order valence-corrected chi connectivity index (χ1v) is 11.5. The van der Waals surface area contributed by atoms with Crippen LogP contribution in [-0.4, -0.2) is 20.9 Å². The zero-order valence-corrected chi connectivity index (χ0v) is 17.1. The summed E-state index contributed by atoms with van der Waals surface area (Å²) in [6.07, 6.45) is 1.59. The van der Waals surface area contributed by atoms with Gasteiger partial charge in [0.2, 0.25) is 5.91 Å². The molecule has 0 radical (unpaired) electrons. The van der Waals surface area contributed by atoms with Crippen LogP contribution in [0, 0.1) is 5.82 Å². The number of rotatable bonds is 5. The molecule has 1 N–H and O–H groups in total. The molecule has 1 aliphatic rings. The van der Waals surface area contributed by atoms with Gasteiger partial charge in [0.15, 0.2) is 0 Å². The van der Waals surface area contributed by atoms with Gasteiger partial charge in [-0.25, -0.2) is 12.8 Å². The number of nitrogens with zero attached hydrogens (tertiary/aromatic N) is 1. The molecule has 1 aromatic heterocycles. The molecule has 4 rings (SSSR count). The van der Waals surface area contributed by atoms with Gasteiger partial charge in [0.1, 0.15) is 10.0 Å². The highest BCUT2D eigenvalue weighted by molar-refractivity contribution is 7.94. The minimum Gasteiger partial charge on any atom is -0.326 e. The van der Waals surface area contributed by atoms with Crippen LogP contribution in [0.3, 0.4) is 0 Å². The molecule has 8 heteroatoms. The molecule has 3 aromatic rings. The number of fused-ring (bicyclic) bond motifs is 1. The number of aryl methyl sites for hydroxylation is 1. The molecular formula is C21H19FN2O3S2. The minimum absolute atomic E-state index is 0.135. The van der Waals surface area contributed by atoms with Crippen molar-refractivity contribution >= 4 is 38.6 Å². The van der Waals surface area contributed by atoms with Crippen LogP contribution in [0.2, 0.25) is 0 Å². The predicted octanol–water partition coefficient (Wildman–Crippen LogP) is 4.21. The van der Waals surface area contributed by atoms with Crippen molar-refractivity contribution in [2.45, 2.75) is 23.5 Å². The van der Waals surface area contributed by atoms with Crippen molar-refractivity contribution in [3.63, 3.8) is 0 Å². The molecule has 2 aromatic carbocycles. The van der Waals surface area contributed by atoms with Gasteiger partial charge in [0.25, 0.3) is 10.0 Å². The van der Waals surface area contributed by atoms with E-state index in [1.54, 1.807) is 41.8 Å². The van der Waals surface area contributed by atoms with E-state index in [-0.39, 0.29) is 18.1 Å². The van der Waals surface area contributed by atoms with E-state index in [1.807, 2.05) is 6.07 Å². The van der Waals surface area contributed by atoms with Crippen molar-refractivity contribution in [2.24, 2.45) is 0 Å². The van der Waals surface area contributed by atoms with Gasteiger partial charge in [0.05, 0.1) is 12.1 Å². The lowest BCUT2D eigenvalue weighted by Gasteiger charge is -2.30. The topological polar surface area (TPSA) is 66.5 Å². The normalized spacial score (nSPS) is 13.8. The maximum atomic E-state index is 13.0. The molecule has 1 aliphatic heterocycles. The van der Waals surface area contributed by atoms with E-state index in [0.29, 0.717) is 28.5 Å². The van der Waals surface area contributed by atoms with E-state index in [0.717, 1.165) is 17.5 Å². The van der Waals surface area contributed by atoms with E-state index in [4.69, 9.17) is 0 Å². The van der Waals surface area contributed by atoms with E-state index < -0.39 is 10.0 Å². The van der Waals surface area contributed by atoms with Gasteiger partial charge >= 0.3 is 0 Å². The molecule has 0 atom stereocenters. The average Bonchev–Trinajstić information content (AvgIpc) is 3.25. The molecule has 2 heterocycles. The summed E-state index contributed by atoms with van der Waals surface area (Å²) in [5.41, 5.74) is 2.87. The van der Waals surface area contributed by atoms with E-state index in [9.17, 15) is 17.6 Å². The van der Waals surface area contributed by atoms with Crippen LogP contribution < -0.4 is 9.62 Å². The van der Waals surface area contributed by atoms with Crippen molar-refractivity contribution in [3.8, 4) is 0 Å². The van der Waals surface area contributed by atoms with Crippen molar-refractivity contribution in [3.05, 3.63) is 76.9 Å². The highest BCUT2D eigenvalue weighted by Gasteiger charge is 2.29. The van der Waals surface area contributed by atoms with Gasteiger partial charge in [-0.05, 0) is 65.7 Å². The summed E-state index contributed by atoms with van der Waals surface area (Å²) < 4.78 is 40.6. The number of carbonyl (C=O) groups is 1. The maximum Gasteiger partial charge on any atom is 0.273 e. The maximum absolute atomic E-state index is 13.0. The van der Waals surface area contributed by atoms with E-state index in [1.165, 1.54) is 27.8 Å². The third-order valence-corrected chi connectivity index (χ3v) is 7.94. The standard InChI is InChI=1S/C21H19FN2O3S2/c22-17-7-5-15(6-8-17)13-20(25)23-18-9-10-19-16(14-18)3-1-11-24(19)29(26,27)21-4-2-12-28-21/h2,4-10,12,14H,1,3,11,13H2,(H,23,25). The van der Waals surface area contributed by atoms with Gasteiger partial charge in [-0.3, -0.25) is 9.10 Å². The Morgan fingerprint density at radius 2 is 1.93 bits per heavy atom. The third kappa shape index (κ3) is 4.18. The van der Waals surface area contributed by atoms with Crippen molar-refractivity contribution in [2.75, 3.05) is 16.2 Å². The Bertz CT molecular complexity index is 1130. The first-order chi connectivity index (χ1) is 13.9. The number of benzene rings is 2. The number of carbonyl (C=O) groups excluding carboxylic acids is 1. The Labute approximate surface area is 172 Å². The second-order valence-electron chi connectivity index (χ2n) is 6.81. The lowest BCUT2D eigenvalue weighted by molar-refractivity contribution is -0.115. The average molecular weight is 431 g/mol. The summed E-state index contributed by atoms with van der Waals surface area (Å²) in [4.78, 5) is 12.3. The molecule has 0 bridgehead atoms. The SMILES string of the molecule is O=C(Cc1ccc(F)cc1)Nc1ccc2c(c1)CCCN2S(=O)(=O)c1cccs1. The van der Waals surface area contributed by atoms with Crippen LogP contribution in [0.15, 0.2) is 64.2 Å². The zero-order valence-electron chi connectivity index (χ0n) is 15.5. The molecular weight excluding hydrogens is 411 g/mol. The van der Waals surface area contributed by atoms with Gasteiger partial charge in [-0.15, -0.1) is 11.3 Å². The fraction of sp³-hybridized carbons (Fsp3) is 0.190. The highest BCUT2D eigenvalue weighted by atomic mass is 32.2. The summed E-state index contributed by atoms with van der Waals surface area (Å²) in [6, 6.07) is 14.4. The molecule has 150 valence electrons. The van der Waals surface area contributed by atoms with Gasteiger partial charge < -0.3 is 5.32 Å². The smallest absolute Gasteiger partial charge is 0.273 e. The van der Waals surface area contributed by atoms with Crippen molar-refractivity contribution < 1.29 is 17.6 Å². The number of thiophene rings is 1. The summed E-state index contributed by atoms with van der Waals surface area (Å²) in [5, 5.41) is 4.59. The Kier molecular flexibility index (Phi) is 5.38. The number of hydrogen-bond donors (Lipinski definition) is 1. The van der Waals surface area contributed by atoms with Gasteiger partial charge in [0, 0.05) is 12.2 Å². The van der Waals surface area contributed by atoms with Crippen LogP contribution in [0.5, 0.6) is 0 Å². The lowest BCUT2D eigenvalue weighted by Crippen LogP contribution is -2.35. The third-order valence-electron chi connectivity index (χ3n) is 4.76. The number of amides is 1. The van der Waals surface area contributed by atoms with E-state index >= 15 is 0 Å². The zero-order chi connectivity index (χ0) is 20.4. The Morgan fingerprint density at radius 3 is 2.66 bits per heavy atom. The van der Waals surface area contributed by atoms with Gasteiger partial charge in [-0.2, -0.15) is 0 Å². The quantitative estimate of drug-likeness (QED) is 0.659. The molecule has 0 spiro atoms. The monoisotopic (exact) mass is 430 g/mol. The fourth-order valence-corrected chi connectivity index (χ4v) is 6.05. The minimum atomic E-state index is -3.58. The molecule has 0 unspecified atom stereocenters.